The van der Waals surface area contributed by atoms with Gasteiger partial charge in [0.15, 0.2) is 5.84 Å². The van der Waals surface area contributed by atoms with Crippen molar-refractivity contribution in [3.05, 3.63) is 23.2 Å². The summed E-state index contributed by atoms with van der Waals surface area (Å²) in [6.07, 6.45) is 3.64. The Balaban J connectivity index is 2.12. The molecule has 1 aliphatic rings. The molecule has 110 valence electrons. The minimum atomic E-state index is -0.374. The molecule has 0 radical (unpaired) electrons. The minimum absolute atomic E-state index is 0.161. The number of nitrogens with two attached hydrogens (primary N) is 1. The Morgan fingerprint density at radius 2 is 2.10 bits per heavy atom. The van der Waals surface area contributed by atoms with Gasteiger partial charge in [0.1, 0.15) is 6.07 Å². The molecule has 0 unspecified atom stereocenters. The number of hydrazone groups is 1. The summed E-state index contributed by atoms with van der Waals surface area (Å²) in [5.41, 5.74) is 9.41. The fraction of sp³-hybridized carbons (Fsp3) is 0.357. The van der Waals surface area contributed by atoms with Crippen LogP contribution in [0.1, 0.15) is 19.3 Å². The first-order valence-corrected chi connectivity index (χ1v) is 7.12. The van der Waals surface area contributed by atoms with E-state index in [9.17, 15) is 0 Å². The van der Waals surface area contributed by atoms with Crippen LogP contribution in [0.3, 0.4) is 0 Å². The second kappa shape index (κ2) is 6.95. The van der Waals surface area contributed by atoms with Gasteiger partial charge in [0.2, 0.25) is 5.71 Å². The lowest BCUT2D eigenvalue weighted by molar-refractivity contribution is 0.578. The van der Waals surface area contributed by atoms with Crippen molar-refractivity contribution in [1.82, 2.24) is 0 Å². The van der Waals surface area contributed by atoms with Gasteiger partial charge in [-0.3, -0.25) is 10.8 Å². The second-order valence-electron chi connectivity index (χ2n) is 4.81. The van der Waals surface area contributed by atoms with E-state index in [1.165, 1.54) is 19.3 Å². The van der Waals surface area contributed by atoms with Gasteiger partial charge in [-0.15, -0.1) is 0 Å². The number of hydrogen-bond acceptors (Lipinski definition) is 5. The van der Waals surface area contributed by atoms with Gasteiger partial charge < -0.3 is 10.6 Å². The van der Waals surface area contributed by atoms with Crippen LogP contribution in [-0.2, 0) is 0 Å². The molecule has 1 aromatic carbocycles. The van der Waals surface area contributed by atoms with E-state index < -0.39 is 0 Å². The molecule has 2 rings (SSSR count). The quantitative estimate of drug-likeness (QED) is 0.452. The van der Waals surface area contributed by atoms with E-state index in [4.69, 9.17) is 28.0 Å². The van der Waals surface area contributed by atoms with Crippen LogP contribution in [-0.4, -0.2) is 24.6 Å². The number of amidine groups is 1. The van der Waals surface area contributed by atoms with Gasteiger partial charge in [0, 0.05) is 13.1 Å². The Kier molecular flexibility index (Phi) is 5.01. The van der Waals surface area contributed by atoms with Crippen molar-refractivity contribution >= 4 is 34.5 Å². The van der Waals surface area contributed by atoms with Gasteiger partial charge in [-0.05, 0) is 37.5 Å². The van der Waals surface area contributed by atoms with Gasteiger partial charge in [0.25, 0.3) is 0 Å². The van der Waals surface area contributed by atoms with E-state index in [1.807, 2.05) is 12.1 Å². The highest BCUT2D eigenvalue weighted by atomic mass is 35.5. The average molecular weight is 305 g/mol. The molecule has 6 nitrogen and oxygen atoms in total. The summed E-state index contributed by atoms with van der Waals surface area (Å²) in [6, 6.07) is 7.28. The van der Waals surface area contributed by atoms with E-state index in [-0.39, 0.29) is 11.5 Å². The van der Waals surface area contributed by atoms with Crippen LogP contribution in [0.2, 0.25) is 5.02 Å². The number of nitriles is 1. The number of rotatable bonds is 4. The van der Waals surface area contributed by atoms with Crippen molar-refractivity contribution in [1.29, 1.82) is 10.7 Å². The van der Waals surface area contributed by atoms with Crippen molar-refractivity contribution in [2.75, 3.05) is 23.4 Å². The number of anilines is 2. The first-order chi connectivity index (χ1) is 10.1. The van der Waals surface area contributed by atoms with Gasteiger partial charge >= 0.3 is 0 Å². The highest BCUT2D eigenvalue weighted by Crippen LogP contribution is 2.30. The summed E-state index contributed by atoms with van der Waals surface area (Å²) in [6.45, 7) is 2.04. The average Bonchev–Trinajstić information content (AvgIpc) is 2.48. The molecule has 1 fully saturated rings. The highest BCUT2D eigenvalue weighted by Gasteiger charge is 2.14. The first-order valence-electron chi connectivity index (χ1n) is 6.74. The molecular weight excluding hydrogens is 288 g/mol. The zero-order valence-electron chi connectivity index (χ0n) is 11.6. The van der Waals surface area contributed by atoms with Gasteiger partial charge in [-0.25, -0.2) is 0 Å². The lowest BCUT2D eigenvalue weighted by Crippen LogP contribution is -2.29. The Labute approximate surface area is 128 Å². The lowest BCUT2D eigenvalue weighted by Gasteiger charge is -2.29. The van der Waals surface area contributed by atoms with Crippen LogP contribution in [0, 0.1) is 16.7 Å². The molecule has 0 bridgehead atoms. The Hall–Kier alpha value is -2.26. The molecule has 0 saturated carbocycles. The van der Waals surface area contributed by atoms with Crippen LogP contribution in [0.4, 0.5) is 11.4 Å². The van der Waals surface area contributed by atoms with Gasteiger partial charge in [-0.1, -0.05) is 11.6 Å². The Morgan fingerprint density at radius 3 is 2.67 bits per heavy atom. The number of piperidine rings is 1. The molecule has 1 aromatic rings. The smallest absolute Gasteiger partial charge is 0.201 e. The normalized spacial score (nSPS) is 15.4. The predicted octanol–water partition coefficient (Wildman–Crippen LogP) is 2.56. The Morgan fingerprint density at radius 1 is 1.38 bits per heavy atom. The molecule has 0 amide bonds. The van der Waals surface area contributed by atoms with E-state index in [2.05, 4.69) is 15.4 Å². The highest BCUT2D eigenvalue weighted by molar-refractivity contribution is 6.45. The number of benzene rings is 1. The molecule has 0 spiro atoms. The van der Waals surface area contributed by atoms with Crippen LogP contribution >= 0.6 is 11.6 Å². The van der Waals surface area contributed by atoms with Crippen molar-refractivity contribution in [3.8, 4) is 6.07 Å². The topological polar surface area (TPSA) is 101 Å². The zero-order valence-corrected chi connectivity index (χ0v) is 12.3. The van der Waals surface area contributed by atoms with E-state index >= 15 is 0 Å². The van der Waals surface area contributed by atoms with Crippen LogP contribution in [0.5, 0.6) is 0 Å². The van der Waals surface area contributed by atoms with Gasteiger partial charge in [-0.2, -0.15) is 10.4 Å². The summed E-state index contributed by atoms with van der Waals surface area (Å²) >= 11 is 6.31. The first kappa shape index (κ1) is 15.1. The summed E-state index contributed by atoms with van der Waals surface area (Å²) < 4.78 is 0. The molecule has 0 aliphatic carbocycles. The summed E-state index contributed by atoms with van der Waals surface area (Å²) in [4.78, 5) is 2.27. The molecule has 1 aliphatic heterocycles. The van der Waals surface area contributed by atoms with E-state index in [0.717, 1.165) is 18.8 Å². The summed E-state index contributed by atoms with van der Waals surface area (Å²) in [7, 11) is 0. The number of halogens is 1. The largest absolute Gasteiger partial charge is 0.382 e. The van der Waals surface area contributed by atoms with Crippen molar-refractivity contribution in [3.63, 3.8) is 0 Å². The van der Waals surface area contributed by atoms with Crippen LogP contribution < -0.4 is 16.1 Å². The standard InChI is InChI=1S/C14H17ClN6/c15-11-8-10(19-20-12(9-16)14(17)18)4-5-13(11)21-6-2-1-3-7-21/h4-5,8,19H,1-3,6-7H2,(H3,17,18)/b20-12+. The third-order valence-electron chi connectivity index (χ3n) is 3.30. The maximum Gasteiger partial charge on any atom is 0.201 e. The fourth-order valence-electron chi connectivity index (χ4n) is 2.23. The van der Waals surface area contributed by atoms with Crippen molar-refractivity contribution < 1.29 is 0 Å². The second-order valence-corrected chi connectivity index (χ2v) is 5.22. The number of nitrogens with one attached hydrogen (secondary N) is 2. The third-order valence-corrected chi connectivity index (χ3v) is 3.60. The van der Waals surface area contributed by atoms with Crippen molar-refractivity contribution in [2.45, 2.75) is 19.3 Å². The summed E-state index contributed by atoms with van der Waals surface area (Å²) in [5.74, 6) is -0.374. The van der Waals surface area contributed by atoms with Crippen LogP contribution in [0.25, 0.3) is 0 Å². The third kappa shape index (κ3) is 3.86. The molecule has 0 aromatic heterocycles. The molecule has 7 heteroatoms. The monoisotopic (exact) mass is 304 g/mol. The van der Waals surface area contributed by atoms with Gasteiger partial charge in [0.05, 0.1) is 16.4 Å². The lowest BCUT2D eigenvalue weighted by atomic mass is 10.1. The number of hydrogen-bond donors (Lipinski definition) is 3. The zero-order chi connectivity index (χ0) is 15.2. The predicted molar refractivity (Wildman–Crippen MR) is 86.1 cm³/mol. The minimum Gasteiger partial charge on any atom is -0.382 e. The molecular formula is C14H17ClN6. The van der Waals surface area contributed by atoms with Crippen molar-refractivity contribution in [2.24, 2.45) is 10.8 Å². The number of nitrogens with zero attached hydrogens (tertiary/aromatic N) is 3. The van der Waals surface area contributed by atoms with E-state index in [0.29, 0.717) is 10.7 Å². The Bertz CT molecular complexity index is 598. The molecule has 0 atom stereocenters. The SMILES string of the molecule is N#C/C(=N\Nc1ccc(N2CCCCC2)c(Cl)c1)C(=N)N. The molecule has 1 saturated heterocycles. The molecule has 21 heavy (non-hydrogen) atoms. The van der Waals surface area contributed by atoms with E-state index in [1.54, 1.807) is 12.1 Å². The summed E-state index contributed by atoms with van der Waals surface area (Å²) in [5, 5.41) is 20.4. The van der Waals surface area contributed by atoms with Crippen LogP contribution in [0.15, 0.2) is 23.3 Å². The molecule has 4 N–H and O–H groups in total. The maximum atomic E-state index is 8.77. The fourth-order valence-corrected chi connectivity index (χ4v) is 2.53. The molecule has 1 heterocycles. The maximum absolute atomic E-state index is 8.77.